The minimum Gasteiger partial charge on any atom is -0.507 e. The zero-order chi connectivity index (χ0) is 17.5. The van der Waals surface area contributed by atoms with Crippen molar-refractivity contribution in [1.29, 1.82) is 0 Å². The Morgan fingerprint density at radius 3 is 2.46 bits per heavy atom. The van der Waals surface area contributed by atoms with Crippen LogP contribution in [0, 0.1) is 0 Å². The molecule has 0 heterocycles. The van der Waals surface area contributed by atoms with Crippen molar-refractivity contribution in [3.63, 3.8) is 0 Å². The molecule has 0 radical (unpaired) electrons. The summed E-state index contributed by atoms with van der Waals surface area (Å²) in [6.45, 7) is 3.97. The Morgan fingerprint density at radius 1 is 1.12 bits per heavy atom. The maximum atomic E-state index is 12.4. The number of phenolic OH excluding ortho intramolecular Hbond substituents is 1. The average Bonchev–Trinajstić information content (AvgIpc) is 2.59. The fourth-order valence-corrected chi connectivity index (χ4v) is 2.34. The van der Waals surface area contributed by atoms with Crippen LogP contribution in [0.1, 0.15) is 35.3 Å². The summed E-state index contributed by atoms with van der Waals surface area (Å²) in [6, 6.07) is 12.9. The van der Waals surface area contributed by atoms with Crippen molar-refractivity contribution in [3.05, 3.63) is 76.9 Å². The number of hydrogen-bond donors (Lipinski definition) is 1. The summed E-state index contributed by atoms with van der Waals surface area (Å²) in [5.74, 6) is 0.320. The molecule has 0 saturated heterocycles. The van der Waals surface area contributed by atoms with Gasteiger partial charge in [-0.15, -0.1) is 0 Å². The van der Waals surface area contributed by atoms with E-state index < -0.39 is 0 Å². The van der Waals surface area contributed by atoms with Crippen molar-refractivity contribution < 1.29 is 14.6 Å². The number of benzene rings is 2. The van der Waals surface area contributed by atoms with E-state index >= 15 is 0 Å². The molecule has 3 nitrogen and oxygen atoms in total. The van der Waals surface area contributed by atoms with Crippen LogP contribution >= 0.6 is 0 Å². The van der Waals surface area contributed by atoms with Gasteiger partial charge in [0.25, 0.3) is 0 Å². The Morgan fingerprint density at radius 2 is 1.83 bits per heavy atom. The van der Waals surface area contributed by atoms with E-state index in [0.29, 0.717) is 17.7 Å². The van der Waals surface area contributed by atoms with E-state index in [1.807, 2.05) is 50.3 Å². The van der Waals surface area contributed by atoms with E-state index in [1.54, 1.807) is 25.3 Å². The van der Waals surface area contributed by atoms with Gasteiger partial charge in [-0.05, 0) is 44.0 Å². The van der Waals surface area contributed by atoms with Crippen LogP contribution < -0.4 is 4.74 Å². The largest absolute Gasteiger partial charge is 0.507 e. The van der Waals surface area contributed by atoms with Crippen molar-refractivity contribution in [2.24, 2.45) is 0 Å². The Bertz CT molecular complexity index is 767. The minimum absolute atomic E-state index is 0.0189. The fourth-order valence-electron chi connectivity index (χ4n) is 2.34. The highest BCUT2D eigenvalue weighted by Gasteiger charge is 2.16. The van der Waals surface area contributed by atoms with Gasteiger partial charge in [0.2, 0.25) is 0 Å². The second-order valence-corrected chi connectivity index (χ2v) is 5.74. The van der Waals surface area contributed by atoms with Crippen LogP contribution in [0.2, 0.25) is 0 Å². The second-order valence-electron chi connectivity index (χ2n) is 5.74. The number of phenols is 1. The van der Waals surface area contributed by atoms with Gasteiger partial charge >= 0.3 is 0 Å². The molecule has 0 amide bonds. The van der Waals surface area contributed by atoms with Gasteiger partial charge in [-0.2, -0.15) is 0 Å². The van der Waals surface area contributed by atoms with Gasteiger partial charge in [-0.3, -0.25) is 4.79 Å². The number of rotatable bonds is 6. The standard InChI is InChI=1S/C21H22O3/c1-15(2)9-11-18-20(24-3)14-12-17(21(18)23)19(22)13-10-16-7-5-4-6-8-16/h4-10,12-14,23H,11H2,1-3H3/b13-10+. The SMILES string of the molecule is COc1ccc(C(=O)/C=C/c2ccccc2)c(O)c1CC=C(C)C. The highest BCUT2D eigenvalue weighted by molar-refractivity contribution is 6.09. The average molecular weight is 322 g/mol. The van der Waals surface area contributed by atoms with Gasteiger partial charge < -0.3 is 9.84 Å². The first-order valence-electron chi connectivity index (χ1n) is 7.82. The molecule has 2 rings (SSSR count). The molecule has 2 aromatic rings. The number of ether oxygens (including phenoxy) is 1. The van der Waals surface area contributed by atoms with Gasteiger partial charge in [0.1, 0.15) is 11.5 Å². The van der Waals surface area contributed by atoms with Crippen molar-refractivity contribution in [2.45, 2.75) is 20.3 Å². The number of carbonyl (C=O) groups excluding carboxylic acids is 1. The van der Waals surface area contributed by atoms with E-state index in [9.17, 15) is 9.90 Å². The van der Waals surface area contributed by atoms with Crippen molar-refractivity contribution in [1.82, 2.24) is 0 Å². The number of ketones is 1. The second kappa shape index (κ2) is 8.16. The van der Waals surface area contributed by atoms with Crippen LogP contribution in [0.25, 0.3) is 6.08 Å². The molecule has 0 aliphatic carbocycles. The van der Waals surface area contributed by atoms with E-state index in [1.165, 1.54) is 6.08 Å². The van der Waals surface area contributed by atoms with Crippen molar-refractivity contribution in [3.8, 4) is 11.5 Å². The van der Waals surface area contributed by atoms with Gasteiger partial charge in [0, 0.05) is 5.56 Å². The smallest absolute Gasteiger partial charge is 0.189 e. The summed E-state index contributed by atoms with van der Waals surface area (Å²) < 4.78 is 5.30. The molecule has 0 saturated carbocycles. The minimum atomic E-state index is -0.238. The predicted octanol–water partition coefficient (Wildman–Crippen LogP) is 4.81. The molecule has 0 aromatic heterocycles. The highest BCUT2D eigenvalue weighted by Crippen LogP contribution is 2.32. The first kappa shape index (κ1) is 17.5. The topological polar surface area (TPSA) is 46.5 Å². The van der Waals surface area contributed by atoms with Gasteiger partial charge in [-0.25, -0.2) is 0 Å². The molecule has 0 spiro atoms. The molecule has 124 valence electrons. The summed E-state index contributed by atoms with van der Waals surface area (Å²) in [6.07, 6.45) is 5.72. The Balaban J connectivity index is 2.33. The van der Waals surface area contributed by atoms with Gasteiger partial charge in [0.15, 0.2) is 5.78 Å². The highest BCUT2D eigenvalue weighted by atomic mass is 16.5. The lowest BCUT2D eigenvalue weighted by atomic mass is 10.0. The molecule has 0 aliphatic rings. The lowest BCUT2D eigenvalue weighted by molar-refractivity contribution is 0.104. The molecule has 3 heteroatoms. The quantitative estimate of drug-likeness (QED) is 0.472. The predicted molar refractivity (Wildman–Crippen MR) is 97.6 cm³/mol. The molecule has 0 bridgehead atoms. The number of hydrogen-bond acceptors (Lipinski definition) is 3. The van der Waals surface area contributed by atoms with Crippen molar-refractivity contribution >= 4 is 11.9 Å². The summed E-state index contributed by atoms with van der Waals surface area (Å²) in [7, 11) is 1.55. The number of aromatic hydroxyl groups is 1. The van der Waals surface area contributed by atoms with Crippen LogP contribution in [0.4, 0.5) is 0 Å². The Hall–Kier alpha value is -2.81. The molecular formula is C21H22O3. The van der Waals surface area contributed by atoms with E-state index in [4.69, 9.17) is 4.74 Å². The molecule has 0 aliphatic heterocycles. The summed E-state index contributed by atoms with van der Waals surface area (Å²) in [5, 5.41) is 10.5. The molecule has 0 unspecified atom stereocenters. The summed E-state index contributed by atoms with van der Waals surface area (Å²) in [4.78, 5) is 12.4. The molecule has 24 heavy (non-hydrogen) atoms. The first-order valence-corrected chi connectivity index (χ1v) is 7.82. The third kappa shape index (κ3) is 4.35. The maximum absolute atomic E-state index is 12.4. The van der Waals surface area contributed by atoms with E-state index in [2.05, 4.69) is 0 Å². The van der Waals surface area contributed by atoms with Crippen LogP contribution in [-0.4, -0.2) is 18.0 Å². The lowest BCUT2D eigenvalue weighted by Crippen LogP contribution is -2.00. The molecule has 1 N–H and O–H groups in total. The molecule has 0 fully saturated rings. The molecule has 0 atom stereocenters. The molecular weight excluding hydrogens is 300 g/mol. The zero-order valence-corrected chi connectivity index (χ0v) is 14.2. The van der Waals surface area contributed by atoms with Crippen LogP contribution in [0.5, 0.6) is 11.5 Å². The van der Waals surface area contributed by atoms with Gasteiger partial charge in [-0.1, -0.05) is 48.1 Å². The first-order chi connectivity index (χ1) is 11.5. The molecule has 2 aromatic carbocycles. The van der Waals surface area contributed by atoms with Crippen LogP contribution in [0.3, 0.4) is 0 Å². The van der Waals surface area contributed by atoms with E-state index in [-0.39, 0.29) is 17.1 Å². The van der Waals surface area contributed by atoms with Gasteiger partial charge in [0.05, 0.1) is 12.7 Å². The Labute approximate surface area is 142 Å². The van der Waals surface area contributed by atoms with E-state index in [0.717, 1.165) is 11.1 Å². The fraction of sp³-hybridized carbons (Fsp3) is 0.190. The zero-order valence-electron chi connectivity index (χ0n) is 14.2. The summed E-state index contributed by atoms with van der Waals surface area (Å²) >= 11 is 0. The third-order valence-electron chi connectivity index (χ3n) is 3.67. The summed E-state index contributed by atoms with van der Waals surface area (Å²) in [5.41, 5.74) is 2.97. The maximum Gasteiger partial charge on any atom is 0.189 e. The number of methoxy groups -OCH3 is 1. The lowest BCUT2D eigenvalue weighted by Gasteiger charge is -2.12. The third-order valence-corrected chi connectivity index (χ3v) is 3.67. The normalized spacial score (nSPS) is 10.6. The Kier molecular flexibility index (Phi) is 5.96. The van der Waals surface area contributed by atoms with Crippen molar-refractivity contribution in [2.75, 3.05) is 7.11 Å². The van der Waals surface area contributed by atoms with Crippen LogP contribution in [0.15, 0.2) is 60.2 Å². The monoisotopic (exact) mass is 322 g/mol. The number of allylic oxidation sites excluding steroid dienone is 3. The van der Waals surface area contributed by atoms with Crippen LogP contribution in [-0.2, 0) is 6.42 Å². The number of carbonyl (C=O) groups is 1.